The SMILES string of the molecule is Cc1nn(C)c(C)c1CC(=O)NCC1CCN(C(=O)c2ccccc2)CC1. The van der Waals surface area contributed by atoms with Crippen LogP contribution in [0.2, 0.25) is 0 Å². The zero-order valence-corrected chi connectivity index (χ0v) is 16.4. The van der Waals surface area contributed by atoms with Gasteiger partial charge in [0.2, 0.25) is 5.91 Å². The van der Waals surface area contributed by atoms with E-state index in [4.69, 9.17) is 0 Å². The second-order valence-corrected chi connectivity index (χ2v) is 7.36. The van der Waals surface area contributed by atoms with Crippen LogP contribution in [0.5, 0.6) is 0 Å². The summed E-state index contributed by atoms with van der Waals surface area (Å²) in [6.07, 6.45) is 2.21. The number of benzene rings is 1. The molecule has 1 fully saturated rings. The maximum atomic E-state index is 12.5. The lowest BCUT2D eigenvalue weighted by Crippen LogP contribution is -2.41. The van der Waals surface area contributed by atoms with Crippen LogP contribution >= 0.6 is 0 Å². The highest BCUT2D eigenvalue weighted by Gasteiger charge is 2.24. The van der Waals surface area contributed by atoms with Crippen molar-refractivity contribution in [3.8, 4) is 0 Å². The lowest BCUT2D eigenvalue weighted by atomic mass is 9.96. The molecule has 2 heterocycles. The van der Waals surface area contributed by atoms with Crippen LogP contribution in [-0.2, 0) is 18.3 Å². The van der Waals surface area contributed by atoms with Crippen LogP contribution < -0.4 is 5.32 Å². The Bertz CT molecular complexity index is 805. The lowest BCUT2D eigenvalue weighted by molar-refractivity contribution is -0.120. The maximum Gasteiger partial charge on any atom is 0.253 e. The molecule has 1 aromatic heterocycles. The van der Waals surface area contributed by atoms with Gasteiger partial charge in [-0.1, -0.05) is 18.2 Å². The minimum absolute atomic E-state index is 0.0389. The first-order valence-electron chi connectivity index (χ1n) is 9.55. The van der Waals surface area contributed by atoms with E-state index < -0.39 is 0 Å². The summed E-state index contributed by atoms with van der Waals surface area (Å²) in [6.45, 7) is 6.09. The molecule has 144 valence electrons. The largest absolute Gasteiger partial charge is 0.356 e. The van der Waals surface area contributed by atoms with Crippen molar-refractivity contribution in [2.24, 2.45) is 13.0 Å². The predicted molar refractivity (Wildman–Crippen MR) is 104 cm³/mol. The van der Waals surface area contributed by atoms with Crippen molar-refractivity contribution in [1.29, 1.82) is 0 Å². The normalized spacial score (nSPS) is 15.0. The van der Waals surface area contributed by atoms with E-state index in [0.29, 0.717) is 18.9 Å². The number of carbonyl (C=O) groups excluding carboxylic acids is 2. The smallest absolute Gasteiger partial charge is 0.253 e. The second kappa shape index (κ2) is 8.37. The number of rotatable bonds is 5. The molecule has 0 atom stereocenters. The topological polar surface area (TPSA) is 67.2 Å². The van der Waals surface area contributed by atoms with Crippen molar-refractivity contribution in [2.75, 3.05) is 19.6 Å². The maximum absolute atomic E-state index is 12.5. The third-order valence-corrected chi connectivity index (χ3v) is 5.51. The third kappa shape index (κ3) is 4.56. The number of amides is 2. The van der Waals surface area contributed by atoms with E-state index >= 15 is 0 Å². The highest BCUT2D eigenvalue weighted by Crippen LogP contribution is 2.19. The number of carbonyl (C=O) groups is 2. The van der Waals surface area contributed by atoms with Gasteiger partial charge >= 0.3 is 0 Å². The van der Waals surface area contributed by atoms with Crippen LogP contribution in [0.1, 0.15) is 40.2 Å². The summed E-state index contributed by atoms with van der Waals surface area (Å²) in [5.41, 5.74) is 3.71. The zero-order valence-electron chi connectivity index (χ0n) is 16.4. The average Bonchev–Trinajstić information content (AvgIpc) is 2.93. The van der Waals surface area contributed by atoms with Gasteiger partial charge in [-0.15, -0.1) is 0 Å². The molecule has 1 aromatic carbocycles. The standard InChI is InChI=1S/C21H28N4O2/c1-15-19(16(2)24(3)23-15)13-20(26)22-14-17-9-11-25(12-10-17)21(27)18-7-5-4-6-8-18/h4-8,17H,9-14H2,1-3H3,(H,22,26). The molecule has 1 aliphatic rings. The molecule has 27 heavy (non-hydrogen) atoms. The van der Waals surface area contributed by atoms with Crippen LogP contribution in [-0.4, -0.2) is 46.1 Å². The van der Waals surface area contributed by atoms with E-state index in [1.54, 1.807) is 0 Å². The van der Waals surface area contributed by atoms with E-state index in [0.717, 1.165) is 48.4 Å². The molecule has 0 bridgehead atoms. The Labute approximate surface area is 160 Å². The minimum atomic E-state index is 0.0389. The van der Waals surface area contributed by atoms with Gasteiger partial charge in [0, 0.05) is 43.5 Å². The summed E-state index contributed by atoms with van der Waals surface area (Å²) in [5.74, 6) is 0.558. The Morgan fingerprint density at radius 3 is 2.41 bits per heavy atom. The average molecular weight is 368 g/mol. The number of nitrogens with one attached hydrogen (secondary N) is 1. The van der Waals surface area contributed by atoms with Gasteiger partial charge in [0.15, 0.2) is 0 Å². The molecule has 1 saturated heterocycles. The summed E-state index contributed by atoms with van der Waals surface area (Å²) in [4.78, 5) is 26.7. The Hall–Kier alpha value is -2.63. The van der Waals surface area contributed by atoms with Crippen molar-refractivity contribution < 1.29 is 9.59 Å². The van der Waals surface area contributed by atoms with Gasteiger partial charge in [0.05, 0.1) is 12.1 Å². The minimum Gasteiger partial charge on any atom is -0.356 e. The molecule has 0 spiro atoms. The highest BCUT2D eigenvalue weighted by molar-refractivity contribution is 5.94. The summed E-state index contributed by atoms with van der Waals surface area (Å²) >= 11 is 0. The van der Waals surface area contributed by atoms with Crippen LogP contribution in [0.3, 0.4) is 0 Å². The van der Waals surface area contributed by atoms with Crippen LogP contribution in [0.15, 0.2) is 30.3 Å². The lowest BCUT2D eigenvalue weighted by Gasteiger charge is -2.32. The summed E-state index contributed by atoms with van der Waals surface area (Å²) in [5, 5.41) is 7.42. The van der Waals surface area contributed by atoms with Gasteiger partial charge in [0.25, 0.3) is 5.91 Å². The molecule has 0 saturated carbocycles. The Kier molecular flexibility index (Phi) is 5.94. The summed E-state index contributed by atoms with van der Waals surface area (Å²) in [7, 11) is 1.90. The van der Waals surface area contributed by atoms with Gasteiger partial charge in [0.1, 0.15) is 0 Å². The van der Waals surface area contributed by atoms with Gasteiger partial charge in [-0.3, -0.25) is 14.3 Å². The van der Waals surface area contributed by atoms with Gasteiger partial charge in [-0.2, -0.15) is 5.10 Å². The van der Waals surface area contributed by atoms with Crippen molar-refractivity contribution in [3.05, 3.63) is 52.8 Å². The fourth-order valence-corrected chi connectivity index (χ4v) is 3.66. The molecule has 0 radical (unpaired) electrons. The second-order valence-electron chi connectivity index (χ2n) is 7.36. The number of likely N-dealkylation sites (tertiary alicyclic amines) is 1. The van der Waals surface area contributed by atoms with Gasteiger partial charge in [-0.25, -0.2) is 0 Å². The Balaban J connectivity index is 1.44. The molecular weight excluding hydrogens is 340 g/mol. The van der Waals surface area contributed by atoms with E-state index in [2.05, 4.69) is 10.4 Å². The van der Waals surface area contributed by atoms with Crippen molar-refractivity contribution in [1.82, 2.24) is 20.0 Å². The molecular formula is C21H28N4O2. The Morgan fingerprint density at radius 1 is 1.15 bits per heavy atom. The number of nitrogens with zero attached hydrogens (tertiary/aromatic N) is 3. The molecule has 1 aliphatic heterocycles. The first-order valence-corrected chi connectivity index (χ1v) is 9.55. The van der Waals surface area contributed by atoms with Crippen LogP contribution in [0, 0.1) is 19.8 Å². The molecule has 1 N–H and O–H groups in total. The van der Waals surface area contributed by atoms with E-state index in [1.807, 2.05) is 60.8 Å². The molecule has 0 aliphatic carbocycles. The van der Waals surface area contributed by atoms with E-state index in [1.165, 1.54) is 0 Å². The molecule has 6 heteroatoms. The number of aromatic nitrogens is 2. The van der Waals surface area contributed by atoms with Crippen LogP contribution in [0.25, 0.3) is 0 Å². The number of hydrogen-bond acceptors (Lipinski definition) is 3. The van der Waals surface area contributed by atoms with E-state index in [9.17, 15) is 9.59 Å². The quantitative estimate of drug-likeness (QED) is 0.880. The Morgan fingerprint density at radius 2 is 1.81 bits per heavy atom. The highest BCUT2D eigenvalue weighted by atomic mass is 16.2. The number of piperidine rings is 1. The molecule has 2 amide bonds. The first kappa shape index (κ1) is 19.1. The van der Waals surface area contributed by atoms with Crippen molar-refractivity contribution in [3.63, 3.8) is 0 Å². The number of aryl methyl sites for hydroxylation is 2. The summed E-state index contributed by atoms with van der Waals surface area (Å²) in [6, 6.07) is 9.41. The van der Waals surface area contributed by atoms with E-state index in [-0.39, 0.29) is 11.8 Å². The molecule has 3 rings (SSSR count). The van der Waals surface area contributed by atoms with Crippen molar-refractivity contribution >= 4 is 11.8 Å². The third-order valence-electron chi connectivity index (χ3n) is 5.51. The first-order chi connectivity index (χ1) is 13.0. The molecule has 2 aromatic rings. The zero-order chi connectivity index (χ0) is 19.4. The van der Waals surface area contributed by atoms with Gasteiger partial charge < -0.3 is 10.2 Å². The summed E-state index contributed by atoms with van der Waals surface area (Å²) < 4.78 is 1.82. The monoisotopic (exact) mass is 368 g/mol. The van der Waals surface area contributed by atoms with Crippen molar-refractivity contribution in [2.45, 2.75) is 33.1 Å². The number of hydrogen-bond donors (Lipinski definition) is 1. The molecule has 0 unspecified atom stereocenters. The molecule has 6 nitrogen and oxygen atoms in total. The van der Waals surface area contributed by atoms with Gasteiger partial charge in [-0.05, 0) is 44.7 Å². The fourth-order valence-electron chi connectivity index (χ4n) is 3.66. The predicted octanol–water partition coefficient (Wildman–Crippen LogP) is 2.25. The van der Waals surface area contributed by atoms with Crippen LogP contribution in [0.4, 0.5) is 0 Å². The fraction of sp³-hybridized carbons (Fsp3) is 0.476.